The minimum atomic E-state index is 0.808. The molecule has 3 heteroatoms. The molecule has 0 heterocycles. The lowest BCUT2D eigenvalue weighted by atomic mass is 10.4. The van der Waals surface area contributed by atoms with Crippen LogP contribution in [-0.2, 0) is 4.74 Å². The lowest BCUT2D eigenvalue weighted by Crippen LogP contribution is -2.30. The van der Waals surface area contributed by atoms with E-state index in [1.54, 1.807) is 7.11 Å². The number of allylic oxidation sites excluding steroid dienone is 1. The molecular formula is C11H24N2O. The second kappa shape index (κ2) is 7.83. The molecule has 0 N–H and O–H groups in total. The SMILES string of the molecule is COCCN(C)CCN(C)C=C(C)C. The van der Waals surface area contributed by atoms with Gasteiger partial charge in [-0.2, -0.15) is 0 Å². The average molecular weight is 200 g/mol. The van der Waals surface area contributed by atoms with Crippen LogP contribution < -0.4 is 0 Å². The van der Waals surface area contributed by atoms with Crippen molar-refractivity contribution in [1.29, 1.82) is 0 Å². The second-order valence-corrected chi connectivity index (χ2v) is 3.98. The van der Waals surface area contributed by atoms with Gasteiger partial charge in [-0.05, 0) is 27.1 Å². The topological polar surface area (TPSA) is 15.7 Å². The highest BCUT2D eigenvalue weighted by Crippen LogP contribution is 1.93. The van der Waals surface area contributed by atoms with Gasteiger partial charge in [-0.1, -0.05) is 5.57 Å². The van der Waals surface area contributed by atoms with E-state index in [-0.39, 0.29) is 0 Å². The molecule has 0 fully saturated rings. The Balaban J connectivity index is 3.55. The van der Waals surface area contributed by atoms with Gasteiger partial charge in [0.2, 0.25) is 0 Å². The summed E-state index contributed by atoms with van der Waals surface area (Å²) in [7, 11) is 5.97. The Morgan fingerprint density at radius 1 is 1.14 bits per heavy atom. The van der Waals surface area contributed by atoms with Crippen LogP contribution in [0.3, 0.4) is 0 Å². The first-order valence-electron chi connectivity index (χ1n) is 5.09. The normalized spacial score (nSPS) is 10.4. The summed E-state index contributed by atoms with van der Waals surface area (Å²) in [6, 6.07) is 0. The number of likely N-dealkylation sites (N-methyl/N-ethyl adjacent to an activating group) is 2. The number of hydrogen-bond donors (Lipinski definition) is 0. The molecule has 0 saturated carbocycles. The van der Waals surface area contributed by atoms with E-state index in [9.17, 15) is 0 Å². The minimum absolute atomic E-state index is 0.808. The van der Waals surface area contributed by atoms with Gasteiger partial charge in [-0.3, -0.25) is 0 Å². The highest BCUT2D eigenvalue weighted by atomic mass is 16.5. The van der Waals surface area contributed by atoms with Crippen LogP contribution in [-0.4, -0.2) is 57.2 Å². The van der Waals surface area contributed by atoms with Gasteiger partial charge in [0.05, 0.1) is 6.61 Å². The smallest absolute Gasteiger partial charge is 0.0589 e. The number of ether oxygens (including phenoxy) is 1. The number of rotatable bonds is 7. The highest BCUT2D eigenvalue weighted by Gasteiger charge is 1.98. The third-order valence-electron chi connectivity index (χ3n) is 1.99. The van der Waals surface area contributed by atoms with Crippen LogP contribution in [0.25, 0.3) is 0 Å². The summed E-state index contributed by atoms with van der Waals surface area (Å²) < 4.78 is 5.02. The minimum Gasteiger partial charge on any atom is -0.383 e. The molecule has 0 aromatic rings. The average Bonchev–Trinajstić information content (AvgIpc) is 2.10. The third-order valence-corrected chi connectivity index (χ3v) is 1.99. The summed E-state index contributed by atoms with van der Waals surface area (Å²) >= 11 is 0. The Morgan fingerprint density at radius 2 is 1.79 bits per heavy atom. The summed E-state index contributed by atoms with van der Waals surface area (Å²) in [4.78, 5) is 4.50. The summed E-state index contributed by atoms with van der Waals surface area (Å²) in [6.45, 7) is 8.17. The molecule has 0 spiro atoms. The van der Waals surface area contributed by atoms with Crippen LogP contribution in [0, 0.1) is 0 Å². The molecule has 0 unspecified atom stereocenters. The van der Waals surface area contributed by atoms with E-state index in [4.69, 9.17) is 4.74 Å². The molecule has 0 bridgehead atoms. The van der Waals surface area contributed by atoms with E-state index in [0.717, 1.165) is 26.2 Å². The molecule has 0 atom stereocenters. The van der Waals surface area contributed by atoms with E-state index in [2.05, 4.69) is 43.9 Å². The van der Waals surface area contributed by atoms with Crippen LogP contribution in [0.1, 0.15) is 13.8 Å². The van der Waals surface area contributed by atoms with Crippen LogP contribution >= 0.6 is 0 Å². The first-order valence-corrected chi connectivity index (χ1v) is 5.09. The molecule has 0 amide bonds. The van der Waals surface area contributed by atoms with Gasteiger partial charge in [0.1, 0.15) is 0 Å². The van der Waals surface area contributed by atoms with Crippen LogP contribution in [0.2, 0.25) is 0 Å². The van der Waals surface area contributed by atoms with E-state index in [0.29, 0.717) is 0 Å². The number of methoxy groups -OCH3 is 1. The van der Waals surface area contributed by atoms with Crippen molar-refractivity contribution in [3.05, 3.63) is 11.8 Å². The standard InChI is InChI=1S/C11H24N2O/c1-11(2)10-13(4)7-6-12(3)8-9-14-5/h10H,6-9H2,1-5H3. The monoisotopic (exact) mass is 200 g/mol. The second-order valence-electron chi connectivity index (χ2n) is 3.98. The zero-order valence-electron chi connectivity index (χ0n) is 10.2. The predicted octanol–water partition coefficient (Wildman–Crippen LogP) is 1.42. The first-order chi connectivity index (χ1) is 6.56. The molecule has 0 aromatic heterocycles. The summed E-state index contributed by atoms with van der Waals surface area (Å²) in [5.74, 6) is 0. The predicted molar refractivity (Wildman–Crippen MR) is 61.4 cm³/mol. The van der Waals surface area contributed by atoms with Crippen molar-refractivity contribution in [3.63, 3.8) is 0 Å². The van der Waals surface area contributed by atoms with E-state index < -0.39 is 0 Å². The maximum atomic E-state index is 5.02. The molecule has 0 saturated heterocycles. The van der Waals surface area contributed by atoms with Crippen molar-refractivity contribution < 1.29 is 4.74 Å². The summed E-state index contributed by atoms with van der Waals surface area (Å²) in [5, 5.41) is 0. The quantitative estimate of drug-likeness (QED) is 0.618. The molecule has 0 aliphatic heterocycles. The zero-order valence-corrected chi connectivity index (χ0v) is 10.2. The van der Waals surface area contributed by atoms with Crippen molar-refractivity contribution in [2.45, 2.75) is 13.8 Å². The molecule has 0 aliphatic carbocycles. The highest BCUT2D eigenvalue weighted by molar-refractivity contribution is 4.91. The van der Waals surface area contributed by atoms with Gasteiger partial charge < -0.3 is 14.5 Å². The molecule has 0 aromatic carbocycles. The van der Waals surface area contributed by atoms with Crippen molar-refractivity contribution in [2.75, 3.05) is 47.4 Å². The number of nitrogens with zero attached hydrogens (tertiary/aromatic N) is 2. The maximum Gasteiger partial charge on any atom is 0.0589 e. The fraction of sp³-hybridized carbons (Fsp3) is 0.818. The first kappa shape index (κ1) is 13.5. The zero-order chi connectivity index (χ0) is 11.0. The van der Waals surface area contributed by atoms with Gasteiger partial charge >= 0.3 is 0 Å². The van der Waals surface area contributed by atoms with E-state index >= 15 is 0 Å². The molecule has 3 nitrogen and oxygen atoms in total. The Kier molecular flexibility index (Phi) is 7.52. The molecule has 84 valence electrons. The van der Waals surface area contributed by atoms with Crippen LogP contribution in [0.15, 0.2) is 11.8 Å². The lowest BCUT2D eigenvalue weighted by molar-refractivity contribution is 0.158. The van der Waals surface area contributed by atoms with Crippen LogP contribution in [0.4, 0.5) is 0 Å². The Morgan fingerprint density at radius 3 is 2.29 bits per heavy atom. The molecule has 14 heavy (non-hydrogen) atoms. The van der Waals surface area contributed by atoms with Crippen molar-refractivity contribution in [3.8, 4) is 0 Å². The van der Waals surface area contributed by atoms with Crippen LogP contribution in [0.5, 0.6) is 0 Å². The lowest BCUT2D eigenvalue weighted by Gasteiger charge is -2.20. The van der Waals surface area contributed by atoms with Crippen molar-refractivity contribution in [2.24, 2.45) is 0 Å². The van der Waals surface area contributed by atoms with E-state index in [1.165, 1.54) is 5.57 Å². The fourth-order valence-corrected chi connectivity index (χ4v) is 1.19. The Labute approximate surface area is 88.3 Å². The van der Waals surface area contributed by atoms with E-state index in [1.807, 2.05) is 0 Å². The van der Waals surface area contributed by atoms with Crippen molar-refractivity contribution in [1.82, 2.24) is 9.80 Å². The molecule has 0 rings (SSSR count). The Bertz CT molecular complexity index is 165. The summed E-state index contributed by atoms with van der Waals surface area (Å²) in [5.41, 5.74) is 1.34. The van der Waals surface area contributed by atoms with Gasteiger partial charge in [-0.15, -0.1) is 0 Å². The van der Waals surface area contributed by atoms with Gasteiger partial charge in [-0.25, -0.2) is 0 Å². The Hall–Kier alpha value is -0.540. The van der Waals surface area contributed by atoms with Gasteiger partial charge in [0.15, 0.2) is 0 Å². The van der Waals surface area contributed by atoms with Gasteiger partial charge in [0.25, 0.3) is 0 Å². The number of hydrogen-bond acceptors (Lipinski definition) is 3. The largest absolute Gasteiger partial charge is 0.383 e. The summed E-state index contributed by atoms with van der Waals surface area (Å²) in [6.07, 6.45) is 2.17. The molecule has 0 radical (unpaired) electrons. The fourth-order valence-electron chi connectivity index (χ4n) is 1.19. The van der Waals surface area contributed by atoms with Gasteiger partial charge in [0, 0.05) is 33.8 Å². The third kappa shape index (κ3) is 8.08. The van der Waals surface area contributed by atoms with Crippen molar-refractivity contribution >= 4 is 0 Å². The molecule has 0 aliphatic rings. The molecular weight excluding hydrogens is 176 g/mol. The maximum absolute atomic E-state index is 5.02.